The average molecular weight is 932 g/mol. The van der Waals surface area contributed by atoms with Gasteiger partial charge in [0.05, 0.1) is 26.1 Å². The van der Waals surface area contributed by atoms with Gasteiger partial charge in [-0.25, -0.2) is 4.98 Å². The fourth-order valence-corrected chi connectivity index (χ4v) is 10.7. The van der Waals surface area contributed by atoms with Gasteiger partial charge < -0.3 is 14.4 Å². The number of fused-ring (bicyclic) bond motifs is 4. The van der Waals surface area contributed by atoms with Gasteiger partial charge in [-0.15, -0.1) is 11.5 Å². The van der Waals surface area contributed by atoms with Gasteiger partial charge in [-0.3, -0.25) is 0 Å². The molecule has 6 heteroatoms. The quantitative estimate of drug-likeness (QED) is 0.118. The normalized spacial score (nSPS) is 12.5. The van der Waals surface area contributed by atoms with Crippen LogP contribution >= 0.6 is 0 Å². The Morgan fingerprint density at radius 3 is 1.93 bits per heavy atom. The molecule has 0 saturated heterocycles. The minimum absolute atomic E-state index is 0. The van der Waals surface area contributed by atoms with Crippen LogP contribution in [0.1, 0.15) is 0 Å². The van der Waals surface area contributed by atoms with E-state index in [1.165, 1.54) is 60.3 Å². The Bertz CT molecular complexity index is 2850. The van der Waals surface area contributed by atoms with Crippen LogP contribution in [0.2, 0.25) is 13.1 Å². The van der Waals surface area contributed by atoms with Gasteiger partial charge in [-0.1, -0.05) is 133 Å². The largest absolute Gasteiger partial charge is 2.00 e. The van der Waals surface area contributed by atoms with Crippen molar-refractivity contribution in [2.24, 2.45) is 0 Å². The minimum atomic E-state index is -2.28. The molecule has 278 valence electrons. The van der Waals surface area contributed by atoms with E-state index in [-0.39, 0.29) is 21.1 Å². The summed E-state index contributed by atoms with van der Waals surface area (Å²) in [6.07, 6.45) is 1.96. The van der Waals surface area contributed by atoms with E-state index in [1.54, 1.807) is 0 Å². The topological polar surface area (TPSA) is 24.3 Å². The summed E-state index contributed by atoms with van der Waals surface area (Å²) in [5.74, 6) is 0.869. The number of hydrogen-bond acceptors (Lipinski definition) is 3. The number of pyridine rings is 1. The van der Waals surface area contributed by atoms with Crippen molar-refractivity contribution in [3.05, 3.63) is 188 Å². The number of benzene rings is 7. The zero-order chi connectivity index (χ0) is 37.8. The van der Waals surface area contributed by atoms with Crippen molar-refractivity contribution in [2.75, 3.05) is 23.5 Å². The summed E-state index contributed by atoms with van der Waals surface area (Å²) in [5.41, 5.74) is 12.8. The van der Waals surface area contributed by atoms with Crippen LogP contribution in [0.25, 0.3) is 61.0 Å². The molecule has 0 unspecified atom stereocenters. The number of aromatic nitrogens is 2. The fraction of sp³-hybridized carbons (Fsp3) is 0.0784. The van der Waals surface area contributed by atoms with E-state index in [2.05, 4.69) is 216 Å². The molecule has 10 rings (SSSR count). The summed E-state index contributed by atoms with van der Waals surface area (Å²) in [5, 5.41) is 4.85. The van der Waals surface area contributed by atoms with E-state index >= 15 is 0 Å². The molecular formula is C51H40N4PtSi. The number of nitrogens with zero attached hydrogens (tertiary/aromatic N) is 4. The third-order valence-corrected chi connectivity index (χ3v) is 14.7. The summed E-state index contributed by atoms with van der Waals surface area (Å²) in [6.45, 7) is 5.64. The molecule has 2 aromatic heterocycles. The van der Waals surface area contributed by atoms with Crippen LogP contribution in [0.5, 0.6) is 0 Å². The molecule has 0 fully saturated rings. The van der Waals surface area contributed by atoms with E-state index < -0.39 is 8.07 Å². The van der Waals surface area contributed by atoms with Crippen LogP contribution in [-0.4, -0.2) is 31.3 Å². The Labute approximate surface area is 350 Å². The van der Waals surface area contributed by atoms with Crippen LogP contribution in [-0.2, 0) is 21.1 Å². The van der Waals surface area contributed by atoms with Gasteiger partial charge in [0.1, 0.15) is 5.82 Å². The zero-order valence-electron chi connectivity index (χ0n) is 32.1. The van der Waals surface area contributed by atoms with Crippen molar-refractivity contribution in [3.8, 4) is 39.2 Å². The summed E-state index contributed by atoms with van der Waals surface area (Å²) in [7, 11) is -0.123. The van der Waals surface area contributed by atoms with Gasteiger partial charge in [-0.2, -0.15) is 46.8 Å². The van der Waals surface area contributed by atoms with Crippen LogP contribution < -0.4 is 20.2 Å². The molecular weight excluding hydrogens is 892 g/mol. The third kappa shape index (κ3) is 6.32. The molecule has 3 heterocycles. The van der Waals surface area contributed by atoms with Gasteiger partial charge in [0.2, 0.25) is 0 Å². The first-order chi connectivity index (χ1) is 27.5. The van der Waals surface area contributed by atoms with Gasteiger partial charge in [0.15, 0.2) is 0 Å². The third-order valence-electron chi connectivity index (χ3n) is 11.4. The summed E-state index contributed by atoms with van der Waals surface area (Å²) in [4.78, 5) is 9.74. The van der Waals surface area contributed by atoms with Gasteiger partial charge in [0, 0.05) is 18.8 Å². The predicted molar refractivity (Wildman–Crippen MR) is 238 cm³/mol. The van der Waals surface area contributed by atoms with E-state index in [0.29, 0.717) is 0 Å². The molecule has 9 aromatic rings. The standard InChI is InChI=1S/C51H40N4Si.Pt/c1-53-35-54(48-27-13-12-26-47(48)53)39-20-14-21-40(33-39)56(2,3)41-28-29-45-44-22-10-11-25-46(44)55(49(45)34-41)50-32-38(30-31-52-50)51-42(36-16-6-4-7-17-36)23-15-24-43(51)37-18-8-5-9-19-37;/h4-32H,35H2,1-3H3;/q-2;+2. The maximum atomic E-state index is 5.08. The minimum Gasteiger partial charge on any atom is -0.355 e. The maximum absolute atomic E-state index is 5.08. The number of anilines is 3. The van der Waals surface area contributed by atoms with Crippen LogP contribution in [0.15, 0.2) is 176 Å². The maximum Gasteiger partial charge on any atom is 2.00 e. The monoisotopic (exact) mass is 931 g/mol. The SMILES string of the molecule is CN1CN(c2[c-]c([Si](C)(C)c3[c-]c4c(cc3)c3ccccc3n4-c3cc(-c4c(-c5ccccc5)cccc4-c4ccccc4)ccn3)ccc2)c2ccccc21.[Pt+2]. The van der Waals surface area contributed by atoms with Crippen LogP contribution in [0.4, 0.5) is 17.1 Å². The van der Waals surface area contributed by atoms with Crippen molar-refractivity contribution >= 4 is 57.3 Å². The van der Waals surface area contributed by atoms with Crippen molar-refractivity contribution in [3.63, 3.8) is 0 Å². The first-order valence-electron chi connectivity index (χ1n) is 19.2. The van der Waals surface area contributed by atoms with Crippen LogP contribution in [0.3, 0.4) is 0 Å². The van der Waals surface area contributed by atoms with Crippen molar-refractivity contribution in [2.45, 2.75) is 13.1 Å². The summed E-state index contributed by atoms with van der Waals surface area (Å²) in [6, 6.07) is 68.8. The Hall–Kier alpha value is -6.00. The molecule has 0 saturated carbocycles. The second-order valence-corrected chi connectivity index (χ2v) is 19.5. The number of para-hydroxylation sites is 3. The fourth-order valence-electron chi connectivity index (χ4n) is 8.48. The molecule has 0 N–H and O–H groups in total. The molecule has 0 spiro atoms. The van der Waals surface area contributed by atoms with Crippen LogP contribution in [0, 0.1) is 12.1 Å². The predicted octanol–water partition coefficient (Wildman–Crippen LogP) is 11.1. The zero-order valence-corrected chi connectivity index (χ0v) is 35.3. The van der Waals surface area contributed by atoms with Gasteiger partial charge >= 0.3 is 21.1 Å². The molecule has 4 nitrogen and oxygen atoms in total. The Kier molecular flexibility index (Phi) is 9.52. The number of hydrogen-bond donors (Lipinski definition) is 0. The Morgan fingerprint density at radius 1 is 0.561 bits per heavy atom. The molecule has 1 aliphatic heterocycles. The van der Waals surface area contributed by atoms with E-state index in [4.69, 9.17) is 4.98 Å². The van der Waals surface area contributed by atoms with Crippen molar-refractivity contribution in [1.82, 2.24) is 9.55 Å². The van der Waals surface area contributed by atoms with Gasteiger partial charge in [0.25, 0.3) is 0 Å². The van der Waals surface area contributed by atoms with Crippen molar-refractivity contribution in [1.29, 1.82) is 0 Å². The van der Waals surface area contributed by atoms with Gasteiger partial charge in [-0.05, 0) is 69.1 Å². The van der Waals surface area contributed by atoms with E-state index in [9.17, 15) is 0 Å². The molecule has 7 aromatic carbocycles. The Balaban J connectivity index is 0.00000422. The molecule has 0 bridgehead atoms. The second kappa shape index (κ2) is 14.8. The molecule has 57 heavy (non-hydrogen) atoms. The van der Waals surface area contributed by atoms with E-state index in [1.807, 2.05) is 6.20 Å². The molecule has 0 amide bonds. The average Bonchev–Trinajstić information content (AvgIpc) is 3.78. The molecule has 0 radical (unpaired) electrons. The van der Waals surface area contributed by atoms with E-state index in [0.717, 1.165) is 34.8 Å². The first-order valence-corrected chi connectivity index (χ1v) is 22.2. The van der Waals surface area contributed by atoms with Crippen molar-refractivity contribution < 1.29 is 21.1 Å². The summed E-state index contributed by atoms with van der Waals surface area (Å²) < 4.78 is 2.31. The summed E-state index contributed by atoms with van der Waals surface area (Å²) >= 11 is 0. The number of rotatable bonds is 7. The second-order valence-electron chi connectivity index (χ2n) is 15.2. The Morgan fingerprint density at radius 2 is 1.19 bits per heavy atom. The smallest absolute Gasteiger partial charge is 0.355 e. The molecule has 0 aliphatic carbocycles. The molecule has 0 atom stereocenters. The molecule has 1 aliphatic rings. The first kappa shape index (κ1) is 36.6.